The lowest BCUT2D eigenvalue weighted by Gasteiger charge is -2.27. The average molecular weight is 303 g/mol. The van der Waals surface area contributed by atoms with E-state index in [0.29, 0.717) is 12.8 Å². The fourth-order valence-corrected chi connectivity index (χ4v) is 2.62. The van der Waals surface area contributed by atoms with Gasteiger partial charge in [-0.2, -0.15) is 0 Å². The van der Waals surface area contributed by atoms with Crippen molar-refractivity contribution in [3.8, 4) is 11.5 Å². The Kier molecular flexibility index (Phi) is 3.89. The molecule has 3 rings (SSSR count). The minimum Gasteiger partial charge on any atom is -0.454 e. The highest BCUT2D eigenvalue weighted by atomic mass is 16.7. The number of benzene rings is 1. The Hall–Kier alpha value is -1.91. The van der Waals surface area contributed by atoms with E-state index in [1.54, 1.807) is 0 Å². The molecule has 0 spiro atoms. The van der Waals surface area contributed by atoms with Gasteiger partial charge in [0.2, 0.25) is 6.79 Å². The van der Waals surface area contributed by atoms with Crippen molar-refractivity contribution in [1.29, 1.82) is 0 Å². The minimum atomic E-state index is -0.0340. The molecule has 0 amide bonds. The van der Waals surface area contributed by atoms with Gasteiger partial charge in [0.1, 0.15) is 0 Å². The Morgan fingerprint density at radius 3 is 2.73 bits per heavy atom. The maximum Gasteiger partial charge on any atom is 0.231 e. The summed E-state index contributed by atoms with van der Waals surface area (Å²) in [7, 11) is 1.82. The molecule has 0 saturated heterocycles. The molecule has 1 aliphatic carbocycles. The first-order valence-corrected chi connectivity index (χ1v) is 7.87. The smallest absolute Gasteiger partial charge is 0.231 e. The fraction of sp³-hybridized carbons (Fsp3) is 0.588. The van der Waals surface area contributed by atoms with Crippen LogP contribution in [0.3, 0.4) is 0 Å². The topological polar surface area (TPSA) is 54.9 Å². The quantitative estimate of drug-likeness (QED) is 0.662. The van der Waals surface area contributed by atoms with Crippen LogP contribution in [0.4, 0.5) is 0 Å². The van der Waals surface area contributed by atoms with Gasteiger partial charge in [0.25, 0.3) is 0 Å². The summed E-state index contributed by atoms with van der Waals surface area (Å²) < 4.78 is 10.9. The van der Waals surface area contributed by atoms with Crippen LogP contribution < -0.4 is 20.1 Å². The molecule has 1 aromatic carbocycles. The molecular formula is C17H25N3O2. The van der Waals surface area contributed by atoms with Crippen molar-refractivity contribution in [2.45, 2.75) is 38.6 Å². The lowest BCUT2D eigenvalue weighted by atomic mass is 9.84. The van der Waals surface area contributed by atoms with Crippen LogP contribution in [0.2, 0.25) is 0 Å². The van der Waals surface area contributed by atoms with Crippen molar-refractivity contribution in [2.24, 2.45) is 10.9 Å². The van der Waals surface area contributed by atoms with Crippen LogP contribution in [-0.2, 0) is 5.41 Å². The molecule has 1 heterocycles. The molecule has 0 radical (unpaired) electrons. The van der Waals surface area contributed by atoms with Crippen molar-refractivity contribution in [1.82, 2.24) is 10.6 Å². The van der Waals surface area contributed by atoms with Gasteiger partial charge in [-0.25, -0.2) is 0 Å². The molecule has 2 unspecified atom stereocenters. The first-order chi connectivity index (χ1) is 10.5. The number of ether oxygens (including phenoxy) is 2. The van der Waals surface area contributed by atoms with Gasteiger partial charge in [0.05, 0.1) is 0 Å². The molecule has 1 aliphatic heterocycles. The van der Waals surface area contributed by atoms with Crippen molar-refractivity contribution < 1.29 is 9.47 Å². The highest BCUT2D eigenvalue weighted by Crippen LogP contribution is 2.36. The van der Waals surface area contributed by atoms with Gasteiger partial charge in [0.15, 0.2) is 17.5 Å². The van der Waals surface area contributed by atoms with E-state index in [0.717, 1.165) is 29.9 Å². The monoisotopic (exact) mass is 303 g/mol. The number of nitrogens with one attached hydrogen (secondary N) is 2. The Morgan fingerprint density at radius 2 is 2.05 bits per heavy atom. The second-order valence-electron chi connectivity index (χ2n) is 6.84. The zero-order chi connectivity index (χ0) is 15.7. The summed E-state index contributed by atoms with van der Waals surface area (Å²) in [6, 6.07) is 6.73. The minimum absolute atomic E-state index is 0.0340. The van der Waals surface area contributed by atoms with E-state index in [-0.39, 0.29) is 5.41 Å². The van der Waals surface area contributed by atoms with Gasteiger partial charge in [-0.1, -0.05) is 26.8 Å². The summed E-state index contributed by atoms with van der Waals surface area (Å²) in [5.74, 6) is 3.29. The molecule has 2 N–H and O–H groups in total. The van der Waals surface area contributed by atoms with E-state index in [4.69, 9.17) is 9.47 Å². The molecule has 22 heavy (non-hydrogen) atoms. The summed E-state index contributed by atoms with van der Waals surface area (Å²) in [6.07, 6.45) is 1.23. The molecule has 2 aliphatic rings. The van der Waals surface area contributed by atoms with Crippen molar-refractivity contribution in [3.63, 3.8) is 0 Å². The lowest BCUT2D eigenvalue weighted by molar-refractivity contribution is 0.174. The first kappa shape index (κ1) is 15.0. The number of aliphatic imine (C=N–C) groups is 1. The van der Waals surface area contributed by atoms with E-state index >= 15 is 0 Å². The molecule has 5 heteroatoms. The SMILES string of the molecule is CN=C(NCC(C)(C)c1ccc2c(c1)OCO2)NC1CC1C. The standard InChI is InChI=1S/C17H25N3O2/c1-11-7-13(11)20-16(18-4)19-9-17(2,3)12-5-6-14-15(8-12)22-10-21-14/h5-6,8,11,13H,7,9-10H2,1-4H3,(H2,18,19,20). The molecule has 0 bridgehead atoms. The van der Waals surface area contributed by atoms with Crippen LogP contribution in [0.15, 0.2) is 23.2 Å². The number of rotatable bonds is 4. The predicted molar refractivity (Wildman–Crippen MR) is 87.7 cm³/mol. The lowest BCUT2D eigenvalue weighted by Crippen LogP contribution is -2.44. The van der Waals surface area contributed by atoms with E-state index in [1.807, 2.05) is 13.1 Å². The highest BCUT2D eigenvalue weighted by Gasteiger charge is 2.33. The van der Waals surface area contributed by atoms with Gasteiger partial charge >= 0.3 is 0 Å². The van der Waals surface area contributed by atoms with Crippen LogP contribution in [0.5, 0.6) is 11.5 Å². The Balaban J connectivity index is 1.62. The van der Waals surface area contributed by atoms with E-state index in [2.05, 4.69) is 48.5 Å². The Bertz CT molecular complexity index is 583. The van der Waals surface area contributed by atoms with Crippen LogP contribution in [0, 0.1) is 5.92 Å². The number of hydrogen-bond acceptors (Lipinski definition) is 3. The fourth-order valence-electron chi connectivity index (χ4n) is 2.62. The van der Waals surface area contributed by atoms with Gasteiger partial charge in [-0.15, -0.1) is 0 Å². The van der Waals surface area contributed by atoms with Gasteiger partial charge in [0, 0.05) is 25.0 Å². The normalized spacial score (nSPS) is 23.4. The summed E-state index contributed by atoms with van der Waals surface area (Å²) in [6.45, 7) is 7.79. The molecule has 0 aromatic heterocycles. The summed E-state index contributed by atoms with van der Waals surface area (Å²) in [5, 5.41) is 6.88. The number of guanidine groups is 1. The van der Waals surface area contributed by atoms with Crippen LogP contribution in [0.25, 0.3) is 0 Å². The third kappa shape index (κ3) is 3.13. The summed E-state index contributed by atoms with van der Waals surface area (Å²) in [5.41, 5.74) is 1.19. The third-order valence-electron chi connectivity index (χ3n) is 4.51. The first-order valence-electron chi connectivity index (χ1n) is 7.87. The molecular weight excluding hydrogens is 278 g/mol. The molecule has 2 atom stereocenters. The van der Waals surface area contributed by atoms with Gasteiger partial charge < -0.3 is 20.1 Å². The van der Waals surface area contributed by atoms with Crippen molar-refractivity contribution >= 4 is 5.96 Å². The Labute approximate surface area is 132 Å². The largest absolute Gasteiger partial charge is 0.454 e. The Morgan fingerprint density at radius 1 is 1.32 bits per heavy atom. The second kappa shape index (κ2) is 5.71. The van der Waals surface area contributed by atoms with E-state index < -0.39 is 0 Å². The van der Waals surface area contributed by atoms with Gasteiger partial charge in [-0.3, -0.25) is 4.99 Å². The van der Waals surface area contributed by atoms with Crippen LogP contribution in [0.1, 0.15) is 32.8 Å². The third-order valence-corrected chi connectivity index (χ3v) is 4.51. The van der Waals surface area contributed by atoms with E-state index in [1.165, 1.54) is 12.0 Å². The maximum absolute atomic E-state index is 5.48. The molecule has 1 saturated carbocycles. The summed E-state index contributed by atoms with van der Waals surface area (Å²) in [4.78, 5) is 4.31. The zero-order valence-corrected chi connectivity index (χ0v) is 13.8. The number of fused-ring (bicyclic) bond motifs is 1. The molecule has 5 nitrogen and oxygen atoms in total. The molecule has 120 valence electrons. The van der Waals surface area contributed by atoms with Crippen molar-refractivity contribution in [2.75, 3.05) is 20.4 Å². The van der Waals surface area contributed by atoms with Crippen LogP contribution in [-0.4, -0.2) is 32.4 Å². The molecule has 1 fully saturated rings. The predicted octanol–water partition coefficient (Wildman–Crippen LogP) is 2.27. The summed E-state index contributed by atoms with van der Waals surface area (Å²) >= 11 is 0. The highest BCUT2D eigenvalue weighted by molar-refractivity contribution is 5.80. The number of hydrogen-bond donors (Lipinski definition) is 2. The van der Waals surface area contributed by atoms with E-state index in [9.17, 15) is 0 Å². The maximum atomic E-state index is 5.48. The second-order valence-corrected chi connectivity index (χ2v) is 6.84. The number of nitrogens with zero attached hydrogens (tertiary/aromatic N) is 1. The molecule has 1 aromatic rings. The van der Waals surface area contributed by atoms with Gasteiger partial charge in [-0.05, 0) is 30.0 Å². The zero-order valence-electron chi connectivity index (χ0n) is 13.8. The van der Waals surface area contributed by atoms with Crippen molar-refractivity contribution in [3.05, 3.63) is 23.8 Å². The van der Waals surface area contributed by atoms with Crippen LogP contribution >= 0.6 is 0 Å². The average Bonchev–Trinajstić information content (AvgIpc) is 3.01.